The molecule has 0 spiro atoms. The highest BCUT2D eigenvalue weighted by molar-refractivity contribution is 7.20. The van der Waals surface area contributed by atoms with Crippen LogP contribution in [0.3, 0.4) is 0 Å². The second-order valence-electron chi connectivity index (χ2n) is 9.53. The number of carbonyl (C=O) groups excluding carboxylic acids is 1. The van der Waals surface area contributed by atoms with Gasteiger partial charge in [0.25, 0.3) is 11.5 Å². The van der Waals surface area contributed by atoms with Crippen molar-refractivity contribution >= 4 is 33.3 Å². The second kappa shape index (κ2) is 8.92. The average molecular weight is 486 g/mol. The van der Waals surface area contributed by atoms with Crippen LogP contribution in [0.2, 0.25) is 0 Å². The molecule has 7 nitrogen and oxygen atoms in total. The molecule has 0 radical (unpaired) electrons. The normalized spacial score (nSPS) is 18.9. The van der Waals surface area contributed by atoms with Gasteiger partial charge in [0.2, 0.25) is 0 Å². The van der Waals surface area contributed by atoms with E-state index >= 15 is 0 Å². The Kier molecular flexibility index (Phi) is 5.60. The number of likely N-dealkylation sites (tertiary alicyclic amines) is 1. The van der Waals surface area contributed by atoms with E-state index in [1.165, 1.54) is 16.9 Å². The summed E-state index contributed by atoms with van der Waals surface area (Å²) in [6.45, 7) is 4.75. The highest BCUT2D eigenvalue weighted by Gasteiger charge is 2.37. The van der Waals surface area contributed by atoms with E-state index in [4.69, 9.17) is 0 Å². The highest BCUT2D eigenvalue weighted by atomic mass is 32.1. The molecule has 1 amide bonds. The SMILES string of the molecule is Cc1c(C(=O)N2CC3CC(C2)c2cccc(=O)n2C3)sc2ncnc(NCCc3ccccc3)c12. The van der Waals surface area contributed by atoms with Crippen molar-refractivity contribution in [3.05, 3.63) is 86.9 Å². The minimum atomic E-state index is 0.0576. The molecule has 6 rings (SSSR count). The molecule has 2 unspecified atom stereocenters. The number of hydrogen-bond acceptors (Lipinski definition) is 6. The number of nitrogens with zero attached hydrogens (tertiary/aromatic N) is 4. The monoisotopic (exact) mass is 485 g/mol. The first-order valence-electron chi connectivity index (χ1n) is 12.1. The summed E-state index contributed by atoms with van der Waals surface area (Å²) in [6.07, 6.45) is 3.49. The Labute approximate surface area is 207 Å². The fourth-order valence-corrected chi connectivity index (χ4v) is 6.70. The molecule has 2 atom stereocenters. The van der Waals surface area contributed by atoms with Gasteiger partial charge in [0, 0.05) is 43.9 Å². The summed E-state index contributed by atoms with van der Waals surface area (Å²) in [6, 6.07) is 15.8. The van der Waals surface area contributed by atoms with Gasteiger partial charge < -0.3 is 14.8 Å². The van der Waals surface area contributed by atoms with E-state index < -0.39 is 0 Å². The van der Waals surface area contributed by atoms with Crippen LogP contribution in [0, 0.1) is 12.8 Å². The minimum Gasteiger partial charge on any atom is -0.369 e. The largest absolute Gasteiger partial charge is 0.369 e. The first-order chi connectivity index (χ1) is 17.1. The fraction of sp³-hybridized carbons (Fsp3) is 0.333. The van der Waals surface area contributed by atoms with E-state index in [1.807, 2.05) is 46.7 Å². The molecule has 0 aliphatic carbocycles. The number of amides is 1. The van der Waals surface area contributed by atoms with Crippen LogP contribution in [0.15, 0.2) is 59.7 Å². The molecule has 1 N–H and O–H groups in total. The van der Waals surface area contributed by atoms with Crippen LogP contribution in [0.25, 0.3) is 10.2 Å². The lowest BCUT2D eigenvalue weighted by Crippen LogP contribution is -2.49. The van der Waals surface area contributed by atoms with Crippen molar-refractivity contribution in [3.63, 3.8) is 0 Å². The van der Waals surface area contributed by atoms with E-state index in [0.29, 0.717) is 25.6 Å². The van der Waals surface area contributed by atoms with E-state index in [9.17, 15) is 9.59 Å². The molecule has 2 aliphatic heterocycles. The number of pyridine rings is 1. The van der Waals surface area contributed by atoms with Crippen molar-refractivity contribution in [1.29, 1.82) is 0 Å². The average Bonchev–Trinajstić information content (AvgIpc) is 3.22. The Morgan fingerprint density at radius 3 is 2.80 bits per heavy atom. The predicted molar refractivity (Wildman–Crippen MR) is 138 cm³/mol. The Hall–Kier alpha value is -3.52. The second-order valence-corrected chi connectivity index (χ2v) is 10.5. The number of thiophene rings is 1. The van der Waals surface area contributed by atoms with Gasteiger partial charge in [0.05, 0.1) is 10.3 Å². The van der Waals surface area contributed by atoms with Crippen molar-refractivity contribution in [2.75, 3.05) is 25.0 Å². The van der Waals surface area contributed by atoms with Gasteiger partial charge in [-0.05, 0) is 42.9 Å². The lowest BCUT2D eigenvalue weighted by molar-refractivity contribution is 0.0599. The maximum absolute atomic E-state index is 13.7. The molecule has 1 saturated heterocycles. The van der Waals surface area contributed by atoms with Gasteiger partial charge in [0.1, 0.15) is 17.0 Å². The third-order valence-electron chi connectivity index (χ3n) is 7.24. The molecular weight excluding hydrogens is 458 g/mol. The van der Waals surface area contributed by atoms with Gasteiger partial charge in [-0.3, -0.25) is 9.59 Å². The summed E-state index contributed by atoms with van der Waals surface area (Å²) in [4.78, 5) is 38.5. The molecule has 8 heteroatoms. The first-order valence-corrected chi connectivity index (χ1v) is 12.9. The number of anilines is 1. The molecule has 2 aliphatic rings. The molecule has 35 heavy (non-hydrogen) atoms. The number of aromatic nitrogens is 3. The Bertz CT molecular complexity index is 1460. The van der Waals surface area contributed by atoms with Gasteiger partial charge in [-0.25, -0.2) is 9.97 Å². The van der Waals surface area contributed by atoms with E-state index in [0.717, 1.165) is 51.6 Å². The smallest absolute Gasteiger partial charge is 0.264 e. The summed E-state index contributed by atoms with van der Waals surface area (Å²) in [5.74, 6) is 1.34. The van der Waals surface area contributed by atoms with E-state index in [1.54, 1.807) is 12.4 Å². The van der Waals surface area contributed by atoms with Crippen molar-refractivity contribution in [1.82, 2.24) is 19.4 Å². The zero-order valence-corrected chi connectivity index (χ0v) is 20.4. The van der Waals surface area contributed by atoms with Gasteiger partial charge in [-0.2, -0.15) is 0 Å². The topological polar surface area (TPSA) is 80.1 Å². The third-order valence-corrected chi connectivity index (χ3v) is 8.42. The molecule has 1 aromatic carbocycles. The van der Waals surface area contributed by atoms with Crippen LogP contribution < -0.4 is 10.9 Å². The van der Waals surface area contributed by atoms with Gasteiger partial charge in [-0.1, -0.05) is 36.4 Å². The Morgan fingerprint density at radius 2 is 1.94 bits per heavy atom. The third kappa shape index (κ3) is 4.01. The lowest BCUT2D eigenvalue weighted by Gasteiger charge is -2.42. The number of carbonyl (C=O) groups is 1. The van der Waals surface area contributed by atoms with Gasteiger partial charge >= 0.3 is 0 Å². The fourth-order valence-electron chi connectivity index (χ4n) is 5.59. The van der Waals surface area contributed by atoms with Crippen molar-refractivity contribution in [2.24, 2.45) is 5.92 Å². The van der Waals surface area contributed by atoms with Crippen molar-refractivity contribution in [2.45, 2.75) is 32.2 Å². The summed E-state index contributed by atoms with van der Waals surface area (Å²) >= 11 is 1.45. The standard InChI is InChI=1S/C27H27N5O2S/c1-17-23-25(28-11-10-18-6-3-2-4-7-18)29-16-30-26(23)35-24(17)27(34)31-13-19-12-20(15-31)21-8-5-9-22(33)32(21)14-19/h2-9,16,19-20H,10-15H2,1H3,(H,28,29,30). The quantitative estimate of drug-likeness (QED) is 0.461. The Balaban J connectivity index is 1.24. The van der Waals surface area contributed by atoms with Crippen LogP contribution in [0.5, 0.6) is 0 Å². The predicted octanol–water partition coefficient (Wildman–Crippen LogP) is 4.08. The summed E-state index contributed by atoms with van der Waals surface area (Å²) in [5, 5.41) is 4.39. The molecule has 0 saturated carbocycles. The maximum Gasteiger partial charge on any atom is 0.264 e. The van der Waals surface area contributed by atoms with Crippen molar-refractivity contribution < 1.29 is 4.79 Å². The Morgan fingerprint density at radius 1 is 1.09 bits per heavy atom. The number of fused-ring (bicyclic) bond motifs is 5. The molecule has 5 heterocycles. The lowest BCUT2D eigenvalue weighted by atomic mass is 9.83. The van der Waals surface area contributed by atoms with E-state index in [-0.39, 0.29) is 17.4 Å². The molecule has 4 aromatic rings. The van der Waals surface area contributed by atoms with Crippen LogP contribution >= 0.6 is 11.3 Å². The number of aryl methyl sites for hydroxylation is 1. The molecule has 1 fully saturated rings. The summed E-state index contributed by atoms with van der Waals surface area (Å²) in [5.41, 5.74) is 3.31. The number of nitrogens with one attached hydrogen (secondary N) is 1. The zero-order chi connectivity index (χ0) is 23.9. The number of benzene rings is 1. The highest BCUT2D eigenvalue weighted by Crippen LogP contribution is 2.38. The van der Waals surface area contributed by atoms with Gasteiger partial charge in [0.15, 0.2) is 0 Å². The van der Waals surface area contributed by atoms with Gasteiger partial charge in [-0.15, -0.1) is 11.3 Å². The summed E-state index contributed by atoms with van der Waals surface area (Å²) < 4.78 is 1.90. The maximum atomic E-state index is 13.7. The summed E-state index contributed by atoms with van der Waals surface area (Å²) in [7, 11) is 0. The number of hydrogen-bond donors (Lipinski definition) is 1. The van der Waals surface area contributed by atoms with Crippen LogP contribution in [0.4, 0.5) is 5.82 Å². The first kappa shape index (κ1) is 22.0. The molecule has 2 bridgehead atoms. The van der Waals surface area contributed by atoms with Crippen LogP contribution in [0.1, 0.15) is 38.8 Å². The molecule has 178 valence electrons. The minimum absolute atomic E-state index is 0.0576. The zero-order valence-electron chi connectivity index (χ0n) is 19.6. The molecule has 3 aromatic heterocycles. The number of rotatable bonds is 5. The van der Waals surface area contributed by atoms with E-state index in [2.05, 4.69) is 27.4 Å². The van der Waals surface area contributed by atoms with Crippen LogP contribution in [-0.2, 0) is 13.0 Å². The van der Waals surface area contributed by atoms with Crippen LogP contribution in [-0.4, -0.2) is 45.0 Å². The van der Waals surface area contributed by atoms with Crippen molar-refractivity contribution in [3.8, 4) is 0 Å². The number of piperidine rings is 1. The molecular formula is C27H27N5O2S.